The van der Waals surface area contributed by atoms with Gasteiger partial charge in [0.15, 0.2) is 0 Å². The van der Waals surface area contributed by atoms with Crippen LogP contribution in [-0.2, 0) is 48.2 Å². The van der Waals surface area contributed by atoms with Crippen LogP contribution in [0.3, 0.4) is 0 Å². The summed E-state index contributed by atoms with van der Waals surface area (Å²) >= 11 is 0. The van der Waals surface area contributed by atoms with Crippen LogP contribution >= 0.6 is 0 Å². The molecule has 0 saturated heterocycles. The molecule has 0 heterocycles. The van der Waals surface area contributed by atoms with Crippen molar-refractivity contribution in [1.82, 2.24) is 0 Å². The summed E-state index contributed by atoms with van der Waals surface area (Å²) in [7, 11) is 0. The molecule has 0 N–H and O–H groups in total. The molecule has 0 radical (unpaired) electrons. The molecule has 0 fully saturated rings. The van der Waals surface area contributed by atoms with E-state index in [0.717, 1.165) is 77.0 Å². The summed E-state index contributed by atoms with van der Waals surface area (Å²) in [6, 6.07) is 0. The molecule has 0 aromatic carbocycles. The summed E-state index contributed by atoms with van der Waals surface area (Å²) in [5.41, 5.74) is 0. The minimum absolute atomic E-state index is 0. The van der Waals surface area contributed by atoms with Crippen molar-refractivity contribution in [3.8, 4) is 0 Å². The van der Waals surface area contributed by atoms with Crippen LogP contribution < -0.4 is 30.6 Å². The van der Waals surface area contributed by atoms with Crippen LogP contribution in [-0.4, -0.2) is 122 Å². The van der Waals surface area contributed by atoms with E-state index >= 15 is 0 Å². The van der Waals surface area contributed by atoms with Gasteiger partial charge in [0.25, 0.3) is 0 Å². The van der Waals surface area contributed by atoms with Gasteiger partial charge in [-0.05, 0) is 77.0 Å². The summed E-state index contributed by atoms with van der Waals surface area (Å²) in [5, 5.41) is 61.3. The van der Waals surface area contributed by atoms with Crippen molar-refractivity contribution in [2.75, 3.05) is 0 Å². The number of carbonyl (C=O) groups excluding carboxylic acids is 6. The van der Waals surface area contributed by atoms with Crippen molar-refractivity contribution in [3.05, 3.63) is 0 Å². The molecule has 0 aromatic heterocycles. The molecule has 0 saturated carbocycles. The predicted molar refractivity (Wildman–Crippen MR) is 519 cm³/mol. The van der Waals surface area contributed by atoms with Crippen LogP contribution in [0.1, 0.15) is 658 Å². The Balaban J connectivity index is -0.000000180. The fourth-order valence-corrected chi connectivity index (χ4v) is 15.8. The van der Waals surface area contributed by atoms with E-state index in [9.17, 15) is 59.4 Å². The van der Waals surface area contributed by atoms with E-state index in [1.807, 2.05) is 0 Å². The van der Waals surface area contributed by atoms with Gasteiger partial charge >= 0.3 is 106 Å². The third-order valence-corrected chi connectivity index (χ3v) is 23.9. The van der Waals surface area contributed by atoms with Crippen molar-refractivity contribution >= 4 is 122 Å². The van der Waals surface area contributed by atoms with E-state index in [2.05, 4.69) is 41.5 Å². The van der Waals surface area contributed by atoms with Crippen LogP contribution in [0.4, 0.5) is 0 Å². The molecule has 123 heavy (non-hydrogen) atoms. The van der Waals surface area contributed by atoms with Crippen LogP contribution in [0.2, 0.25) is 0 Å². The Kier molecular flexibility index (Phi) is 158. The number of rotatable bonds is 96. The molecule has 720 valence electrons. The van der Waals surface area contributed by atoms with Gasteiger partial charge in [0.1, 0.15) is 0 Å². The van der Waals surface area contributed by atoms with E-state index in [4.69, 9.17) is 0 Å². The number of unbranched alkanes of at least 4 members (excludes halogenated alkanes) is 84. The first-order valence-electron chi connectivity index (χ1n) is 53.8. The summed E-state index contributed by atoms with van der Waals surface area (Å²) in [6.07, 6.45) is 119. The summed E-state index contributed by atoms with van der Waals surface area (Å²) < 4.78 is 0. The first kappa shape index (κ1) is 141. The molecule has 0 bridgehead atoms. The van der Waals surface area contributed by atoms with Crippen molar-refractivity contribution in [2.24, 2.45) is 0 Å². The smallest absolute Gasteiger partial charge is 0.550 e. The van der Waals surface area contributed by atoms with Crippen molar-refractivity contribution in [3.63, 3.8) is 0 Å². The van der Waals surface area contributed by atoms with Gasteiger partial charge < -0.3 is 59.4 Å². The molecule has 0 amide bonds. The molecule has 0 aromatic rings. The van der Waals surface area contributed by atoms with E-state index in [0.29, 0.717) is 0 Å². The van der Waals surface area contributed by atoms with E-state index in [1.54, 1.807) is 0 Å². The zero-order valence-electron chi connectivity index (χ0n) is 83.9. The largest absolute Gasteiger partial charge is 2.00 e. The fourth-order valence-electron chi connectivity index (χ4n) is 15.8. The topological polar surface area (TPSA) is 241 Å². The van der Waals surface area contributed by atoms with Crippen molar-refractivity contribution in [1.29, 1.82) is 0 Å². The monoisotopic (exact) mass is 1940 g/mol. The molecule has 0 atom stereocenters. The third-order valence-electron chi connectivity index (χ3n) is 23.9. The molecule has 0 aliphatic carbocycles. The molecule has 0 aliphatic rings. The van der Waals surface area contributed by atoms with Gasteiger partial charge in [-0.3, -0.25) is 0 Å². The summed E-state index contributed by atoms with van der Waals surface area (Å²) in [5.74, 6) is -5.42. The third kappa shape index (κ3) is 169. The number of hydrogen-bond donors (Lipinski definition) is 0. The minimum atomic E-state index is -0.903. The normalized spacial score (nSPS) is 10.6. The summed E-state index contributed by atoms with van der Waals surface area (Å²) in [4.78, 5) is 61.3. The maximum atomic E-state index is 10.2. The molecular weight excluding hydrogens is 1730 g/mol. The number of carboxylic acids is 6. The number of hydrogen-bond acceptors (Lipinski definition) is 12. The first-order chi connectivity index (χ1) is 58.6. The minimum Gasteiger partial charge on any atom is -0.550 e. The molecule has 0 spiro atoms. The number of aliphatic carboxylic acids is 6. The zero-order valence-corrected chi connectivity index (χ0v) is 93.5. The first-order valence-corrected chi connectivity index (χ1v) is 53.8. The van der Waals surface area contributed by atoms with E-state index in [-0.39, 0.29) is 145 Å². The van der Waals surface area contributed by atoms with E-state index < -0.39 is 35.8 Å². The van der Waals surface area contributed by atoms with Gasteiger partial charge in [0.05, 0.1) is 0 Å². The maximum absolute atomic E-state index is 10.2. The molecular formula is C108H210BaCaO12Zn. The van der Waals surface area contributed by atoms with Crippen molar-refractivity contribution < 1.29 is 78.9 Å². The Morgan fingerprint density at radius 1 is 0.122 bits per heavy atom. The standard InChI is InChI=1S/6C18H36O2.Ba.Ca.Zn/c6*1-2-3-4-5-6-7-8-9-10-11-12-13-14-15-16-17-18(19)20;;;/h6*2-17H2,1H3,(H,19,20);;;/q;;;;;;3*+2/p-6. The van der Waals surface area contributed by atoms with Crippen LogP contribution in [0.15, 0.2) is 0 Å². The van der Waals surface area contributed by atoms with Crippen molar-refractivity contribution in [2.45, 2.75) is 658 Å². The number of carbonyl (C=O) groups is 6. The zero-order chi connectivity index (χ0) is 89.3. The van der Waals surface area contributed by atoms with Gasteiger partial charge in [-0.1, -0.05) is 581 Å². The second-order valence-corrected chi connectivity index (χ2v) is 36.4. The SMILES string of the molecule is CCCCCCCCCCCCCCCCCC(=O)[O-].CCCCCCCCCCCCCCCCCC(=O)[O-].CCCCCCCCCCCCCCCCCC(=O)[O-].CCCCCCCCCCCCCCCCCC(=O)[O-].CCCCCCCCCCCCCCCCCC(=O)[O-].CCCCCCCCCCCCCCCCCC(=O)[O-].[Ba+2].[Ca+2].[Zn+2]. The second-order valence-electron chi connectivity index (χ2n) is 36.4. The molecule has 0 unspecified atom stereocenters. The van der Waals surface area contributed by atoms with Crippen LogP contribution in [0, 0.1) is 0 Å². The maximum Gasteiger partial charge on any atom is 2.00 e. The van der Waals surface area contributed by atoms with E-state index in [1.165, 1.54) is 501 Å². The Morgan fingerprint density at radius 2 is 0.171 bits per heavy atom. The Hall–Kier alpha value is 0.275. The molecule has 0 rings (SSSR count). The molecule has 0 aliphatic heterocycles. The fraction of sp³-hybridized carbons (Fsp3) is 0.944. The van der Waals surface area contributed by atoms with Crippen LogP contribution in [0.5, 0.6) is 0 Å². The van der Waals surface area contributed by atoms with Gasteiger partial charge in [-0.2, -0.15) is 0 Å². The second kappa shape index (κ2) is 138. The Labute approximate surface area is 850 Å². The average Bonchev–Trinajstić information content (AvgIpc) is 1.20. The number of carboxylic acid groups (broad SMARTS) is 6. The average molecular weight is 1940 g/mol. The van der Waals surface area contributed by atoms with Gasteiger partial charge in [-0.15, -0.1) is 0 Å². The van der Waals surface area contributed by atoms with Crippen LogP contribution in [0.25, 0.3) is 0 Å². The van der Waals surface area contributed by atoms with Gasteiger partial charge in [-0.25, -0.2) is 0 Å². The molecule has 15 heteroatoms. The Bertz CT molecular complexity index is 1580. The quantitative estimate of drug-likeness (QED) is 0.0408. The summed E-state index contributed by atoms with van der Waals surface area (Å²) in [6.45, 7) is 13.6. The van der Waals surface area contributed by atoms with Gasteiger partial charge in [0, 0.05) is 35.8 Å². The molecule has 12 nitrogen and oxygen atoms in total. The van der Waals surface area contributed by atoms with Gasteiger partial charge in [0.2, 0.25) is 0 Å². The Morgan fingerprint density at radius 3 is 0.220 bits per heavy atom. The predicted octanol–water partition coefficient (Wildman–Crippen LogP) is 29.2.